The fourth-order valence-electron chi connectivity index (χ4n) is 3.23. The van der Waals surface area contributed by atoms with Gasteiger partial charge in [0.1, 0.15) is 5.82 Å². The van der Waals surface area contributed by atoms with Gasteiger partial charge in [-0.15, -0.1) is 11.7 Å². The molecule has 1 unspecified atom stereocenters. The summed E-state index contributed by atoms with van der Waals surface area (Å²) >= 11 is 5.99. The number of aliphatic hydroxyl groups excluding tert-OH is 1. The monoisotopic (exact) mass is 546 g/mol. The maximum absolute atomic E-state index is 14.2. The Morgan fingerprint density at radius 1 is 1.24 bits per heavy atom. The molecule has 0 radical (unpaired) electrons. The Bertz CT molecular complexity index is 1300. The average molecular weight is 547 g/mol. The van der Waals surface area contributed by atoms with Gasteiger partial charge in [-0.25, -0.2) is 18.9 Å². The second-order valence-corrected chi connectivity index (χ2v) is 8.29. The molecule has 0 aliphatic rings. The summed E-state index contributed by atoms with van der Waals surface area (Å²) in [5.74, 6) is -3.03. The van der Waals surface area contributed by atoms with E-state index < -0.39 is 43.1 Å². The van der Waals surface area contributed by atoms with Crippen molar-refractivity contribution < 1.29 is 33.4 Å². The lowest BCUT2D eigenvalue weighted by Gasteiger charge is -2.25. The number of halogens is 2. The van der Waals surface area contributed by atoms with Crippen molar-refractivity contribution in [3.05, 3.63) is 77.3 Å². The predicted molar refractivity (Wildman–Crippen MR) is 131 cm³/mol. The maximum Gasteiger partial charge on any atom is 0.339 e. The summed E-state index contributed by atoms with van der Waals surface area (Å²) in [4.78, 5) is 35.8. The Balaban J connectivity index is 1.77. The van der Waals surface area contributed by atoms with Crippen molar-refractivity contribution in [1.29, 1.82) is 0 Å². The van der Waals surface area contributed by atoms with Crippen molar-refractivity contribution in [1.82, 2.24) is 30.6 Å². The molecule has 3 rings (SSSR count). The van der Waals surface area contributed by atoms with Gasteiger partial charge in [-0.1, -0.05) is 41.9 Å². The summed E-state index contributed by atoms with van der Waals surface area (Å²) < 4.78 is 24.7. The number of hydrogen-bond acceptors (Lipinski definition) is 10. The third-order valence-corrected chi connectivity index (χ3v) is 5.23. The summed E-state index contributed by atoms with van der Waals surface area (Å²) in [7, 11) is 0. The standard InChI is InChI=1S/C24H24ClFN6O6/c1-3-10-32-22(27-29-30-32)23(35)28-31(13-21(34)24(36)38-14-37-15(2)33)12-16-4-6-17(7-5-16)19-11-18(25)8-9-20(19)26/h3-9,11,21,34H,1,10,12-14H2,2H3,(H,28,35). The van der Waals surface area contributed by atoms with Gasteiger partial charge >= 0.3 is 17.8 Å². The molecule has 2 N–H and O–H groups in total. The van der Waals surface area contributed by atoms with Gasteiger partial charge in [0.2, 0.25) is 12.6 Å². The number of allylic oxidation sites excluding steroid dienone is 1. The quantitative estimate of drug-likeness (QED) is 0.149. The van der Waals surface area contributed by atoms with Crippen LogP contribution in [-0.4, -0.2) is 67.6 Å². The number of benzene rings is 2. The van der Waals surface area contributed by atoms with E-state index in [1.165, 1.54) is 34.0 Å². The first-order valence-corrected chi connectivity index (χ1v) is 11.5. The van der Waals surface area contributed by atoms with Gasteiger partial charge < -0.3 is 14.6 Å². The highest BCUT2D eigenvalue weighted by Crippen LogP contribution is 2.26. The van der Waals surface area contributed by atoms with Crippen LogP contribution < -0.4 is 5.43 Å². The molecule has 0 saturated heterocycles. The topological polar surface area (TPSA) is 149 Å². The van der Waals surface area contributed by atoms with E-state index in [1.807, 2.05) is 0 Å². The summed E-state index contributed by atoms with van der Waals surface area (Å²) in [6.45, 7) is 3.82. The molecule has 1 atom stereocenters. The zero-order chi connectivity index (χ0) is 27.7. The molecule has 2 aromatic carbocycles. The number of ether oxygens (including phenoxy) is 2. The minimum atomic E-state index is -1.71. The number of amides is 1. The van der Waals surface area contributed by atoms with Crippen molar-refractivity contribution in [2.45, 2.75) is 26.1 Å². The average Bonchev–Trinajstić information content (AvgIpc) is 3.34. The molecule has 0 aliphatic heterocycles. The first-order chi connectivity index (χ1) is 18.2. The van der Waals surface area contributed by atoms with E-state index in [1.54, 1.807) is 24.3 Å². The summed E-state index contributed by atoms with van der Waals surface area (Å²) in [5.41, 5.74) is 4.08. The third-order valence-electron chi connectivity index (χ3n) is 4.99. The number of carbonyl (C=O) groups is 3. The Morgan fingerprint density at radius 3 is 2.66 bits per heavy atom. The molecule has 0 saturated carbocycles. The molecule has 0 bridgehead atoms. The van der Waals surface area contributed by atoms with Gasteiger partial charge in [-0.2, -0.15) is 0 Å². The Morgan fingerprint density at radius 2 is 1.97 bits per heavy atom. The van der Waals surface area contributed by atoms with Crippen LogP contribution in [0.15, 0.2) is 55.1 Å². The fourth-order valence-corrected chi connectivity index (χ4v) is 3.41. The molecule has 12 nitrogen and oxygen atoms in total. The minimum Gasteiger partial charge on any atom is -0.428 e. The van der Waals surface area contributed by atoms with Crippen LogP contribution in [0.3, 0.4) is 0 Å². The van der Waals surface area contributed by atoms with E-state index in [0.29, 0.717) is 21.7 Å². The Kier molecular flexibility index (Phi) is 9.99. The van der Waals surface area contributed by atoms with E-state index in [9.17, 15) is 23.9 Å². The van der Waals surface area contributed by atoms with E-state index in [0.717, 1.165) is 6.92 Å². The largest absolute Gasteiger partial charge is 0.428 e. The van der Waals surface area contributed by atoms with Crippen molar-refractivity contribution in [3.8, 4) is 11.1 Å². The van der Waals surface area contributed by atoms with Gasteiger partial charge in [0, 0.05) is 24.1 Å². The lowest BCUT2D eigenvalue weighted by molar-refractivity contribution is -0.173. The van der Waals surface area contributed by atoms with Crippen LogP contribution in [0.2, 0.25) is 5.02 Å². The van der Waals surface area contributed by atoms with Crippen molar-refractivity contribution in [3.63, 3.8) is 0 Å². The number of aromatic nitrogens is 4. The van der Waals surface area contributed by atoms with Crippen LogP contribution in [0.1, 0.15) is 23.1 Å². The molecule has 0 aliphatic carbocycles. The van der Waals surface area contributed by atoms with Crippen LogP contribution in [0.4, 0.5) is 4.39 Å². The molecule has 3 aromatic rings. The summed E-state index contributed by atoms with van der Waals surface area (Å²) in [6, 6.07) is 10.9. The lowest BCUT2D eigenvalue weighted by Crippen LogP contribution is -2.48. The highest BCUT2D eigenvalue weighted by molar-refractivity contribution is 6.30. The second-order valence-electron chi connectivity index (χ2n) is 7.85. The van der Waals surface area contributed by atoms with Crippen LogP contribution in [0.5, 0.6) is 0 Å². The van der Waals surface area contributed by atoms with Gasteiger partial charge in [0.25, 0.3) is 0 Å². The van der Waals surface area contributed by atoms with Crippen LogP contribution in [0.25, 0.3) is 11.1 Å². The molecule has 1 aromatic heterocycles. The molecule has 38 heavy (non-hydrogen) atoms. The number of tetrazole rings is 1. The molecular weight excluding hydrogens is 523 g/mol. The van der Waals surface area contributed by atoms with Gasteiger partial charge in [0.15, 0.2) is 6.10 Å². The first-order valence-electron chi connectivity index (χ1n) is 11.1. The number of nitrogens with zero attached hydrogens (tertiary/aromatic N) is 5. The Labute approximate surface area is 221 Å². The van der Waals surface area contributed by atoms with E-state index in [-0.39, 0.29) is 18.9 Å². The van der Waals surface area contributed by atoms with Crippen molar-refractivity contribution >= 4 is 29.4 Å². The highest BCUT2D eigenvalue weighted by Gasteiger charge is 2.24. The molecule has 200 valence electrons. The van der Waals surface area contributed by atoms with Gasteiger partial charge in [-0.3, -0.25) is 15.0 Å². The SMILES string of the molecule is C=CCn1nnnc1C(=O)NN(Cc1ccc(-c2cc(Cl)ccc2F)cc1)CC(O)C(=O)OCOC(C)=O. The lowest BCUT2D eigenvalue weighted by atomic mass is 10.0. The number of nitrogens with one attached hydrogen (secondary N) is 1. The molecule has 0 spiro atoms. The first kappa shape index (κ1) is 28.4. The number of rotatable bonds is 12. The smallest absolute Gasteiger partial charge is 0.339 e. The second kappa shape index (κ2) is 13.4. The number of carbonyl (C=O) groups excluding carboxylic acids is 3. The van der Waals surface area contributed by atoms with E-state index in [4.69, 9.17) is 16.3 Å². The zero-order valence-corrected chi connectivity index (χ0v) is 21.0. The van der Waals surface area contributed by atoms with Crippen molar-refractivity contribution in [2.24, 2.45) is 0 Å². The van der Waals surface area contributed by atoms with E-state index in [2.05, 4.69) is 32.3 Å². The third kappa shape index (κ3) is 7.90. The zero-order valence-electron chi connectivity index (χ0n) is 20.2. The fraction of sp³-hybridized carbons (Fsp3) is 0.250. The summed E-state index contributed by atoms with van der Waals surface area (Å²) in [5, 5.41) is 22.8. The van der Waals surface area contributed by atoms with Crippen molar-refractivity contribution in [2.75, 3.05) is 13.3 Å². The van der Waals surface area contributed by atoms with Gasteiger partial charge in [0.05, 0.1) is 13.1 Å². The number of hydrogen-bond donors (Lipinski definition) is 2. The molecular formula is C24H24ClFN6O6. The van der Waals surface area contributed by atoms with Crippen LogP contribution in [-0.2, 0) is 32.2 Å². The summed E-state index contributed by atoms with van der Waals surface area (Å²) in [6.07, 6.45) is -0.215. The maximum atomic E-state index is 14.2. The number of esters is 2. The predicted octanol–water partition coefficient (Wildman–Crippen LogP) is 1.89. The van der Waals surface area contributed by atoms with Crippen LogP contribution in [0, 0.1) is 5.82 Å². The van der Waals surface area contributed by atoms with Gasteiger partial charge in [-0.05, 0) is 39.8 Å². The Hall–Kier alpha value is -4.20. The van der Waals surface area contributed by atoms with Crippen LogP contribution >= 0.6 is 11.6 Å². The molecule has 1 amide bonds. The number of hydrazine groups is 1. The molecule has 14 heteroatoms. The minimum absolute atomic E-state index is 0.0152. The normalized spacial score (nSPS) is 11.6. The highest BCUT2D eigenvalue weighted by atomic mass is 35.5. The van der Waals surface area contributed by atoms with E-state index >= 15 is 0 Å². The molecule has 1 heterocycles. The number of aliphatic hydroxyl groups is 1. The molecule has 0 fully saturated rings.